The van der Waals surface area contributed by atoms with Crippen molar-refractivity contribution in [2.24, 2.45) is 11.5 Å². The summed E-state index contributed by atoms with van der Waals surface area (Å²) < 4.78 is 0.916. The number of benzene rings is 1. The number of piperidine rings is 1. The Balaban J connectivity index is 2.03. The Morgan fingerprint density at radius 2 is 2.22 bits per heavy atom. The van der Waals surface area contributed by atoms with E-state index in [4.69, 9.17) is 11.5 Å². The lowest BCUT2D eigenvalue weighted by Gasteiger charge is -2.37. The van der Waals surface area contributed by atoms with E-state index in [0.29, 0.717) is 0 Å². The van der Waals surface area contributed by atoms with Crippen molar-refractivity contribution in [3.63, 3.8) is 0 Å². The van der Waals surface area contributed by atoms with Crippen molar-refractivity contribution in [1.29, 1.82) is 0 Å². The lowest BCUT2D eigenvalue weighted by Crippen LogP contribution is -2.51. The lowest BCUT2D eigenvalue weighted by atomic mass is 10.0. The molecule has 0 saturated carbocycles. The van der Waals surface area contributed by atoms with Crippen LogP contribution in [-0.4, -0.2) is 23.7 Å². The van der Waals surface area contributed by atoms with Crippen LogP contribution in [0.3, 0.4) is 0 Å². The molecule has 1 aliphatic heterocycles. The molecule has 1 radical (unpaired) electrons. The minimum atomic E-state index is -0.153. The van der Waals surface area contributed by atoms with E-state index in [0.717, 1.165) is 35.3 Å². The minimum absolute atomic E-state index is 0.101. The maximum absolute atomic E-state index is 11.4. The summed E-state index contributed by atoms with van der Waals surface area (Å²) >= 11 is 1.17. The summed E-state index contributed by atoms with van der Waals surface area (Å²) in [6.45, 7) is 0.813. The Morgan fingerprint density at radius 1 is 1.39 bits per heavy atom. The monoisotopic (exact) mass is 263 g/mol. The highest BCUT2D eigenvalue weighted by molar-refractivity contribution is 7.20. The zero-order valence-electron chi connectivity index (χ0n) is 9.87. The molecule has 1 aromatic carbocycles. The van der Waals surface area contributed by atoms with E-state index < -0.39 is 0 Å². The zero-order chi connectivity index (χ0) is 12.7. The number of nitrogens with two attached hydrogens (primary N) is 2. The molecular formula is C12H15N4OS. The van der Waals surface area contributed by atoms with Crippen molar-refractivity contribution in [2.45, 2.75) is 25.0 Å². The molecule has 4 N–H and O–H groups in total. The number of nitrogens with zero attached hydrogens (tertiary/aromatic N) is 2. The van der Waals surface area contributed by atoms with Crippen LogP contribution in [0.1, 0.15) is 12.8 Å². The molecule has 3 rings (SSSR count). The van der Waals surface area contributed by atoms with Crippen LogP contribution >= 0.6 is 11.3 Å². The standard InChI is InChI=1S/C12H15N4OS/c13-7-4-5-16(10(14)6-7)8-2-1-3-9-11(8)15-12(17)18-9/h1-3,7,10H,4-6,13-14H2. The summed E-state index contributed by atoms with van der Waals surface area (Å²) in [5.74, 6) is 0. The molecule has 1 saturated heterocycles. The van der Waals surface area contributed by atoms with Crippen molar-refractivity contribution in [2.75, 3.05) is 11.4 Å². The van der Waals surface area contributed by atoms with Crippen molar-refractivity contribution in [1.82, 2.24) is 4.98 Å². The second kappa shape index (κ2) is 4.38. The van der Waals surface area contributed by atoms with Gasteiger partial charge in [0.1, 0.15) is 5.52 Å². The second-order valence-corrected chi connectivity index (χ2v) is 5.64. The van der Waals surface area contributed by atoms with Gasteiger partial charge in [0.2, 0.25) is 0 Å². The number of rotatable bonds is 1. The Labute approximate surface area is 109 Å². The maximum atomic E-state index is 11.4. The predicted octanol–water partition coefficient (Wildman–Crippen LogP) is 1.65. The van der Waals surface area contributed by atoms with E-state index in [-0.39, 0.29) is 17.4 Å². The van der Waals surface area contributed by atoms with Crippen LogP contribution in [0.2, 0.25) is 0 Å². The molecule has 5 nitrogen and oxygen atoms in total. The number of hydrogen-bond acceptors (Lipinski definition) is 5. The molecule has 0 amide bonds. The summed E-state index contributed by atoms with van der Waals surface area (Å²) in [7, 11) is 0. The van der Waals surface area contributed by atoms with E-state index in [1.807, 2.05) is 18.2 Å². The van der Waals surface area contributed by atoms with Gasteiger partial charge in [0, 0.05) is 12.6 Å². The third-order valence-corrected chi connectivity index (χ3v) is 4.19. The molecule has 0 bridgehead atoms. The number of hydrogen-bond donors (Lipinski definition) is 2. The molecule has 2 atom stereocenters. The van der Waals surface area contributed by atoms with Gasteiger partial charge in [-0.05, 0) is 25.0 Å². The normalized spacial score (nSPS) is 24.7. The van der Waals surface area contributed by atoms with Crippen molar-refractivity contribution in [3.05, 3.63) is 18.2 Å². The number of thiazole rings is 1. The molecule has 2 heterocycles. The van der Waals surface area contributed by atoms with Crippen LogP contribution in [0.5, 0.6) is 5.19 Å². The summed E-state index contributed by atoms with van der Waals surface area (Å²) in [6, 6.07) is 5.99. The average molecular weight is 263 g/mol. The van der Waals surface area contributed by atoms with Gasteiger partial charge in [0.15, 0.2) is 0 Å². The van der Waals surface area contributed by atoms with E-state index in [1.165, 1.54) is 11.3 Å². The van der Waals surface area contributed by atoms with Gasteiger partial charge in [0.05, 0.1) is 16.6 Å². The number of anilines is 1. The van der Waals surface area contributed by atoms with Gasteiger partial charge in [-0.3, -0.25) is 5.11 Å². The largest absolute Gasteiger partial charge is 0.354 e. The van der Waals surface area contributed by atoms with E-state index in [1.54, 1.807) is 0 Å². The second-order valence-electron chi connectivity index (χ2n) is 4.65. The first kappa shape index (κ1) is 11.7. The van der Waals surface area contributed by atoms with Crippen LogP contribution in [0.4, 0.5) is 5.69 Å². The fraction of sp³-hybridized carbons (Fsp3) is 0.417. The van der Waals surface area contributed by atoms with Gasteiger partial charge < -0.3 is 16.4 Å². The van der Waals surface area contributed by atoms with Gasteiger partial charge >= 0.3 is 5.19 Å². The van der Waals surface area contributed by atoms with Crippen LogP contribution in [0, 0.1) is 0 Å². The minimum Gasteiger partial charge on any atom is -0.354 e. The molecule has 2 unspecified atom stereocenters. The van der Waals surface area contributed by atoms with Gasteiger partial charge in [-0.1, -0.05) is 17.4 Å². The fourth-order valence-corrected chi connectivity index (χ4v) is 3.19. The first-order valence-corrected chi connectivity index (χ1v) is 6.81. The molecule has 18 heavy (non-hydrogen) atoms. The number of para-hydroxylation sites is 1. The highest BCUT2D eigenvalue weighted by Gasteiger charge is 2.25. The highest BCUT2D eigenvalue weighted by atomic mass is 32.1. The SMILES string of the molecule is NC1CCN(c2cccc3sc([O])nc23)C(N)C1. The Bertz CT molecular complexity index is 570. The quantitative estimate of drug-likeness (QED) is 0.819. The fourth-order valence-electron chi connectivity index (χ4n) is 2.47. The third-order valence-electron chi connectivity index (χ3n) is 3.37. The maximum Gasteiger partial charge on any atom is 0.327 e. The first-order chi connectivity index (χ1) is 8.65. The van der Waals surface area contributed by atoms with Gasteiger partial charge in [0.25, 0.3) is 0 Å². The van der Waals surface area contributed by atoms with Crippen molar-refractivity contribution < 1.29 is 5.11 Å². The van der Waals surface area contributed by atoms with Crippen molar-refractivity contribution in [3.8, 4) is 5.19 Å². The van der Waals surface area contributed by atoms with E-state index >= 15 is 0 Å². The molecule has 2 aromatic rings. The molecule has 1 aliphatic rings. The third kappa shape index (κ3) is 1.92. The molecule has 95 valence electrons. The smallest absolute Gasteiger partial charge is 0.327 e. The zero-order valence-corrected chi connectivity index (χ0v) is 10.7. The summed E-state index contributed by atoms with van der Waals surface area (Å²) in [5, 5.41) is 11.2. The summed E-state index contributed by atoms with van der Waals surface area (Å²) in [5.41, 5.74) is 13.8. The number of fused-ring (bicyclic) bond motifs is 1. The molecular weight excluding hydrogens is 248 g/mol. The molecule has 0 aliphatic carbocycles. The van der Waals surface area contributed by atoms with Gasteiger partial charge in [-0.25, -0.2) is 0 Å². The molecule has 6 heteroatoms. The summed E-state index contributed by atoms with van der Waals surface area (Å²) in [4.78, 5) is 6.18. The average Bonchev–Trinajstić information content (AvgIpc) is 2.69. The van der Waals surface area contributed by atoms with Gasteiger partial charge in [-0.15, -0.1) is 0 Å². The van der Waals surface area contributed by atoms with E-state index in [2.05, 4.69) is 9.88 Å². The topological polar surface area (TPSA) is 88.1 Å². The first-order valence-electron chi connectivity index (χ1n) is 5.99. The molecule has 0 spiro atoms. The Morgan fingerprint density at radius 3 is 3.00 bits per heavy atom. The Hall–Kier alpha value is -1.37. The van der Waals surface area contributed by atoms with E-state index in [9.17, 15) is 5.11 Å². The number of aromatic nitrogens is 1. The van der Waals surface area contributed by atoms with Crippen molar-refractivity contribution >= 4 is 27.2 Å². The lowest BCUT2D eigenvalue weighted by molar-refractivity contribution is 0.353. The van der Waals surface area contributed by atoms with Crippen LogP contribution < -0.4 is 16.4 Å². The molecule has 1 aromatic heterocycles. The summed E-state index contributed by atoms with van der Waals surface area (Å²) in [6.07, 6.45) is 1.58. The van der Waals surface area contributed by atoms with Gasteiger partial charge in [-0.2, -0.15) is 4.98 Å². The van der Waals surface area contributed by atoms with Crippen LogP contribution in [-0.2, 0) is 5.11 Å². The van der Waals surface area contributed by atoms with Crippen LogP contribution in [0.15, 0.2) is 18.2 Å². The Kier molecular flexibility index (Phi) is 2.85. The predicted molar refractivity (Wildman–Crippen MR) is 72.3 cm³/mol. The molecule has 1 fully saturated rings. The van der Waals surface area contributed by atoms with Crippen LogP contribution in [0.25, 0.3) is 10.2 Å². The highest BCUT2D eigenvalue weighted by Crippen LogP contribution is 2.35.